The number of fused-ring (bicyclic) bond motifs is 3. The Morgan fingerprint density at radius 1 is 1.15 bits per heavy atom. The molecule has 1 aromatic carbocycles. The third kappa shape index (κ3) is 1.40. The van der Waals surface area contributed by atoms with Gasteiger partial charge in [-0.1, -0.05) is 12.1 Å². The lowest BCUT2D eigenvalue weighted by atomic mass is 10.1. The number of anilines is 1. The predicted octanol–water partition coefficient (Wildman–Crippen LogP) is 1.71. The van der Waals surface area contributed by atoms with E-state index in [1.165, 1.54) is 0 Å². The first-order valence-corrected chi connectivity index (χ1v) is 6.18. The second-order valence-corrected chi connectivity index (χ2v) is 4.36. The van der Waals surface area contributed by atoms with Crippen LogP contribution in [0.4, 0.5) is 5.69 Å². The molecule has 4 aromatic rings. The highest BCUT2D eigenvalue weighted by Gasteiger charge is 2.14. The van der Waals surface area contributed by atoms with Crippen molar-refractivity contribution in [1.82, 2.24) is 29.5 Å². The van der Waals surface area contributed by atoms with E-state index in [1.54, 1.807) is 12.7 Å². The molecule has 0 saturated heterocycles. The molecule has 98 valence electrons. The van der Waals surface area contributed by atoms with E-state index in [2.05, 4.69) is 30.5 Å². The number of rotatable bonds is 2. The third-order valence-corrected chi connectivity index (χ3v) is 3.27. The van der Waals surface area contributed by atoms with E-state index in [1.807, 2.05) is 35.7 Å². The Morgan fingerprint density at radius 3 is 2.95 bits per heavy atom. The molecule has 0 saturated carbocycles. The van der Waals surface area contributed by atoms with Gasteiger partial charge in [-0.25, -0.2) is 9.97 Å². The van der Waals surface area contributed by atoms with Gasteiger partial charge in [0.25, 0.3) is 0 Å². The van der Waals surface area contributed by atoms with E-state index in [4.69, 9.17) is 0 Å². The van der Waals surface area contributed by atoms with Gasteiger partial charge in [-0.2, -0.15) is 0 Å². The van der Waals surface area contributed by atoms with Gasteiger partial charge in [0.1, 0.15) is 11.8 Å². The summed E-state index contributed by atoms with van der Waals surface area (Å²) < 4.78 is 1.86. The van der Waals surface area contributed by atoms with E-state index in [0.29, 0.717) is 11.3 Å². The minimum atomic E-state index is 0.637. The molecular formula is C13H11N7. The summed E-state index contributed by atoms with van der Waals surface area (Å²) in [7, 11) is 1.88. The number of hydrogen-bond donors (Lipinski definition) is 2. The van der Waals surface area contributed by atoms with Gasteiger partial charge in [-0.15, -0.1) is 10.2 Å². The average molecular weight is 265 g/mol. The maximum absolute atomic E-state index is 4.30. The maximum Gasteiger partial charge on any atom is 0.190 e. The number of H-pyrrole nitrogens is 1. The molecule has 0 bridgehead atoms. The van der Waals surface area contributed by atoms with Crippen molar-refractivity contribution in [2.45, 2.75) is 0 Å². The molecule has 0 radical (unpaired) electrons. The minimum Gasteiger partial charge on any atom is -0.388 e. The number of aromatic amines is 1. The van der Waals surface area contributed by atoms with Crippen molar-refractivity contribution in [2.75, 3.05) is 12.4 Å². The SMILES string of the molecule is CNc1ccccc1-c1nnc2c3[nH]cnc3ncn12. The second kappa shape index (κ2) is 4.02. The van der Waals surface area contributed by atoms with Crippen LogP contribution in [0.25, 0.3) is 28.2 Å². The molecule has 0 spiro atoms. The lowest BCUT2D eigenvalue weighted by Crippen LogP contribution is -1.96. The lowest BCUT2D eigenvalue weighted by Gasteiger charge is -2.06. The zero-order chi connectivity index (χ0) is 13.5. The van der Waals surface area contributed by atoms with E-state index < -0.39 is 0 Å². The molecule has 3 heterocycles. The van der Waals surface area contributed by atoms with Crippen molar-refractivity contribution in [1.29, 1.82) is 0 Å². The van der Waals surface area contributed by atoms with Gasteiger partial charge in [0.05, 0.1) is 6.33 Å². The Bertz CT molecular complexity index is 905. The Balaban J connectivity index is 2.05. The number of nitrogens with zero attached hydrogens (tertiary/aromatic N) is 5. The minimum absolute atomic E-state index is 0.637. The first kappa shape index (κ1) is 10.9. The van der Waals surface area contributed by atoms with Crippen molar-refractivity contribution in [2.24, 2.45) is 0 Å². The molecule has 0 aliphatic rings. The summed E-state index contributed by atoms with van der Waals surface area (Å²) in [5.74, 6) is 0.744. The molecule has 4 rings (SSSR count). The van der Waals surface area contributed by atoms with E-state index in [9.17, 15) is 0 Å². The third-order valence-electron chi connectivity index (χ3n) is 3.27. The molecule has 0 atom stereocenters. The van der Waals surface area contributed by atoms with Crippen molar-refractivity contribution < 1.29 is 0 Å². The van der Waals surface area contributed by atoms with Crippen LogP contribution in [0, 0.1) is 0 Å². The van der Waals surface area contributed by atoms with Gasteiger partial charge in [0.2, 0.25) is 0 Å². The van der Waals surface area contributed by atoms with E-state index in [-0.39, 0.29) is 0 Å². The zero-order valence-corrected chi connectivity index (χ0v) is 10.7. The summed E-state index contributed by atoms with van der Waals surface area (Å²) in [6, 6.07) is 7.95. The highest BCUT2D eigenvalue weighted by Crippen LogP contribution is 2.27. The van der Waals surface area contributed by atoms with Crippen molar-refractivity contribution in [3.8, 4) is 11.4 Å². The first-order chi connectivity index (χ1) is 9.88. The Labute approximate surface area is 113 Å². The normalized spacial score (nSPS) is 11.2. The van der Waals surface area contributed by atoms with Gasteiger partial charge >= 0.3 is 0 Å². The molecule has 3 aromatic heterocycles. The van der Waals surface area contributed by atoms with Crippen molar-refractivity contribution in [3.05, 3.63) is 36.9 Å². The summed E-state index contributed by atoms with van der Waals surface area (Å²) >= 11 is 0. The second-order valence-electron chi connectivity index (χ2n) is 4.36. The predicted molar refractivity (Wildman–Crippen MR) is 75.4 cm³/mol. The van der Waals surface area contributed by atoms with Crippen LogP contribution in [0.1, 0.15) is 0 Å². The molecule has 0 unspecified atom stereocenters. The quantitative estimate of drug-likeness (QED) is 0.576. The summed E-state index contributed by atoms with van der Waals surface area (Å²) in [6.07, 6.45) is 3.30. The van der Waals surface area contributed by atoms with Gasteiger partial charge in [-0.3, -0.25) is 4.40 Å². The smallest absolute Gasteiger partial charge is 0.190 e. The molecule has 2 N–H and O–H groups in total. The fraction of sp³-hybridized carbons (Fsp3) is 0.0769. The molecule has 7 heteroatoms. The van der Waals surface area contributed by atoms with Crippen molar-refractivity contribution in [3.63, 3.8) is 0 Å². The van der Waals surface area contributed by atoms with Gasteiger partial charge in [0, 0.05) is 18.3 Å². The standard InChI is InChI=1S/C13H11N7/c1-14-9-5-3-2-4-8(9)12-18-19-13-10-11(16-6-15-10)17-7-20(12)13/h2-7,14H,1H3,(H,15,16). The summed E-state index contributed by atoms with van der Waals surface area (Å²) in [5, 5.41) is 11.7. The number of hydrogen-bond acceptors (Lipinski definition) is 5. The topological polar surface area (TPSA) is 83.8 Å². The van der Waals surface area contributed by atoms with Crippen LogP contribution in [0.3, 0.4) is 0 Å². The summed E-state index contributed by atoms with van der Waals surface area (Å²) in [5.41, 5.74) is 4.11. The number of imidazole rings is 1. The highest BCUT2D eigenvalue weighted by molar-refractivity contribution is 5.86. The monoisotopic (exact) mass is 265 g/mol. The van der Waals surface area contributed by atoms with Gasteiger partial charge in [0.15, 0.2) is 17.1 Å². The van der Waals surface area contributed by atoms with Crippen LogP contribution < -0.4 is 5.32 Å². The molecular weight excluding hydrogens is 254 g/mol. The number of para-hydroxylation sites is 1. The number of benzene rings is 1. The molecule has 0 aliphatic carbocycles. The Morgan fingerprint density at radius 2 is 2.05 bits per heavy atom. The average Bonchev–Trinajstić information content (AvgIpc) is 3.12. The fourth-order valence-electron chi connectivity index (χ4n) is 2.31. The van der Waals surface area contributed by atoms with Gasteiger partial charge in [-0.05, 0) is 12.1 Å². The van der Waals surface area contributed by atoms with Crippen LogP contribution in [0.5, 0.6) is 0 Å². The molecule has 20 heavy (non-hydrogen) atoms. The molecule has 0 fully saturated rings. The number of nitrogens with one attached hydrogen (secondary N) is 2. The molecule has 0 amide bonds. The van der Waals surface area contributed by atoms with Crippen LogP contribution in [-0.2, 0) is 0 Å². The lowest BCUT2D eigenvalue weighted by molar-refractivity contribution is 1.09. The fourth-order valence-corrected chi connectivity index (χ4v) is 2.31. The van der Waals surface area contributed by atoms with E-state index >= 15 is 0 Å². The van der Waals surface area contributed by atoms with Crippen LogP contribution >= 0.6 is 0 Å². The molecule has 0 aliphatic heterocycles. The Kier molecular flexibility index (Phi) is 2.19. The number of aromatic nitrogens is 6. The van der Waals surface area contributed by atoms with Crippen LogP contribution in [0.15, 0.2) is 36.9 Å². The Hall–Kier alpha value is -2.96. The zero-order valence-electron chi connectivity index (χ0n) is 10.7. The maximum atomic E-state index is 4.30. The molecule has 7 nitrogen and oxygen atoms in total. The highest BCUT2D eigenvalue weighted by atomic mass is 15.3. The summed E-state index contributed by atoms with van der Waals surface area (Å²) in [6.45, 7) is 0. The largest absolute Gasteiger partial charge is 0.388 e. The first-order valence-electron chi connectivity index (χ1n) is 6.18. The van der Waals surface area contributed by atoms with Crippen LogP contribution in [0.2, 0.25) is 0 Å². The van der Waals surface area contributed by atoms with E-state index in [0.717, 1.165) is 22.6 Å². The summed E-state index contributed by atoms with van der Waals surface area (Å²) in [4.78, 5) is 11.5. The van der Waals surface area contributed by atoms with Crippen LogP contribution in [-0.4, -0.2) is 36.6 Å². The van der Waals surface area contributed by atoms with Crippen molar-refractivity contribution >= 4 is 22.5 Å². The van der Waals surface area contributed by atoms with Gasteiger partial charge < -0.3 is 10.3 Å².